The van der Waals surface area contributed by atoms with Crippen molar-refractivity contribution in [2.75, 3.05) is 32.1 Å². The molecule has 4 rings (SSSR count). The number of aryl methyl sites for hydroxylation is 1. The molecule has 0 spiro atoms. The number of fused-ring (bicyclic) bond motifs is 1. The Balaban J connectivity index is 1.66. The quantitative estimate of drug-likeness (QED) is 0.418. The van der Waals surface area contributed by atoms with Crippen LogP contribution in [0.5, 0.6) is 0 Å². The normalized spacial score (nSPS) is 11.2. The highest BCUT2D eigenvalue weighted by Gasteiger charge is 2.22. The molecule has 0 aliphatic carbocycles. The molecule has 1 amide bonds. The van der Waals surface area contributed by atoms with Gasteiger partial charge < -0.3 is 4.90 Å². The van der Waals surface area contributed by atoms with E-state index in [1.807, 2.05) is 67.5 Å². The first-order valence-electron chi connectivity index (χ1n) is 10.0. The molecule has 4 aromatic rings. The lowest BCUT2D eigenvalue weighted by Gasteiger charge is -2.22. The van der Waals surface area contributed by atoms with E-state index in [0.29, 0.717) is 12.1 Å². The summed E-state index contributed by atoms with van der Waals surface area (Å²) in [5, 5.41) is 0.748. The molecule has 4 nitrogen and oxygen atoms in total. The van der Waals surface area contributed by atoms with Crippen molar-refractivity contribution >= 4 is 32.6 Å². The Morgan fingerprint density at radius 3 is 2.23 bits per heavy atom. The fourth-order valence-electron chi connectivity index (χ4n) is 3.37. The maximum absolute atomic E-state index is 13.4. The Bertz CT molecular complexity index is 1150. The first kappa shape index (κ1) is 20.3. The van der Waals surface area contributed by atoms with E-state index in [4.69, 9.17) is 4.98 Å². The Morgan fingerprint density at radius 1 is 0.867 bits per heavy atom. The summed E-state index contributed by atoms with van der Waals surface area (Å²) in [6.45, 7) is 3.41. The Labute approximate surface area is 181 Å². The highest BCUT2D eigenvalue weighted by molar-refractivity contribution is 7.22. The average Bonchev–Trinajstić information content (AvgIpc) is 3.20. The first-order chi connectivity index (χ1) is 14.5. The minimum Gasteiger partial charge on any atom is -0.308 e. The summed E-state index contributed by atoms with van der Waals surface area (Å²) in [6, 6.07) is 24.2. The van der Waals surface area contributed by atoms with Crippen LogP contribution in [0, 0.1) is 6.92 Å². The van der Waals surface area contributed by atoms with Crippen LogP contribution in [0.4, 0.5) is 5.13 Å². The van der Waals surface area contributed by atoms with Gasteiger partial charge in [0.1, 0.15) is 0 Å². The summed E-state index contributed by atoms with van der Waals surface area (Å²) in [4.78, 5) is 22.1. The minimum absolute atomic E-state index is 0.0202. The van der Waals surface area contributed by atoms with Gasteiger partial charge >= 0.3 is 0 Å². The molecule has 0 atom stereocenters. The summed E-state index contributed by atoms with van der Waals surface area (Å²) < 4.78 is 1.10. The highest BCUT2D eigenvalue weighted by Crippen LogP contribution is 2.31. The predicted octanol–water partition coefficient (Wildman–Crippen LogP) is 5.48. The van der Waals surface area contributed by atoms with Gasteiger partial charge in [0.2, 0.25) is 0 Å². The summed E-state index contributed by atoms with van der Waals surface area (Å²) in [6.07, 6.45) is 0. The molecule has 1 aromatic heterocycles. The zero-order valence-electron chi connectivity index (χ0n) is 17.5. The number of carbonyl (C=O) groups excluding carboxylic acids is 1. The number of rotatable bonds is 6. The molecular weight excluding hydrogens is 390 g/mol. The van der Waals surface area contributed by atoms with Gasteiger partial charge in [-0.05, 0) is 55.9 Å². The molecule has 0 N–H and O–H groups in total. The van der Waals surface area contributed by atoms with Crippen molar-refractivity contribution in [1.29, 1.82) is 0 Å². The Morgan fingerprint density at radius 2 is 1.57 bits per heavy atom. The molecule has 0 bridgehead atoms. The molecule has 0 aliphatic rings. The second-order valence-corrected chi connectivity index (χ2v) is 8.63. The van der Waals surface area contributed by atoms with E-state index < -0.39 is 0 Å². The third-order valence-electron chi connectivity index (χ3n) is 5.10. The van der Waals surface area contributed by atoms with Crippen molar-refractivity contribution in [3.63, 3.8) is 0 Å². The van der Waals surface area contributed by atoms with Crippen LogP contribution in [0.25, 0.3) is 21.3 Å². The lowest BCUT2D eigenvalue weighted by Crippen LogP contribution is -2.36. The molecular formula is C25H25N3OS. The zero-order valence-corrected chi connectivity index (χ0v) is 18.3. The van der Waals surface area contributed by atoms with Gasteiger partial charge in [-0.15, -0.1) is 0 Å². The van der Waals surface area contributed by atoms with E-state index in [1.165, 1.54) is 0 Å². The number of benzene rings is 3. The van der Waals surface area contributed by atoms with Crippen LogP contribution >= 0.6 is 11.3 Å². The molecule has 5 heteroatoms. The first-order valence-corrected chi connectivity index (χ1v) is 10.8. The summed E-state index contributed by atoms with van der Waals surface area (Å²) >= 11 is 1.57. The van der Waals surface area contributed by atoms with Gasteiger partial charge in [-0.1, -0.05) is 65.9 Å². The number of hydrogen-bond acceptors (Lipinski definition) is 4. The van der Waals surface area contributed by atoms with Crippen molar-refractivity contribution in [1.82, 2.24) is 9.88 Å². The number of thiazole rings is 1. The highest BCUT2D eigenvalue weighted by atomic mass is 32.1. The zero-order chi connectivity index (χ0) is 21.1. The number of likely N-dealkylation sites (N-methyl/N-ethyl adjacent to an activating group) is 1. The monoisotopic (exact) mass is 415 g/mol. The van der Waals surface area contributed by atoms with Crippen LogP contribution < -0.4 is 4.90 Å². The summed E-state index contributed by atoms with van der Waals surface area (Å²) in [5.74, 6) is -0.0202. The largest absolute Gasteiger partial charge is 0.308 e. The fourth-order valence-corrected chi connectivity index (χ4v) is 4.43. The SMILES string of the molecule is Cc1cccc2sc(N(CCN(C)C)C(=O)c3ccc(-c4ccccc4)cc3)nc12. The second-order valence-electron chi connectivity index (χ2n) is 7.62. The van der Waals surface area contributed by atoms with Crippen molar-refractivity contribution in [3.8, 4) is 11.1 Å². The molecule has 0 radical (unpaired) electrons. The topological polar surface area (TPSA) is 36.4 Å². The van der Waals surface area contributed by atoms with Gasteiger partial charge in [0, 0.05) is 18.7 Å². The number of para-hydroxylation sites is 1. The van der Waals surface area contributed by atoms with Crippen molar-refractivity contribution < 1.29 is 4.79 Å². The van der Waals surface area contributed by atoms with Gasteiger partial charge in [-0.25, -0.2) is 4.98 Å². The van der Waals surface area contributed by atoms with Crippen molar-refractivity contribution in [2.45, 2.75) is 6.92 Å². The van der Waals surface area contributed by atoms with Crippen LogP contribution in [-0.2, 0) is 0 Å². The van der Waals surface area contributed by atoms with E-state index in [-0.39, 0.29) is 5.91 Å². The molecule has 30 heavy (non-hydrogen) atoms. The third-order valence-corrected chi connectivity index (χ3v) is 6.14. The third kappa shape index (κ3) is 4.27. The number of anilines is 1. The van der Waals surface area contributed by atoms with Crippen LogP contribution in [0.1, 0.15) is 15.9 Å². The maximum atomic E-state index is 13.4. The van der Waals surface area contributed by atoms with Gasteiger partial charge in [-0.2, -0.15) is 0 Å². The van der Waals surface area contributed by atoms with E-state index in [0.717, 1.165) is 38.6 Å². The van der Waals surface area contributed by atoms with Crippen LogP contribution in [0.2, 0.25) is 0 Å². The molecule has 3 aromatic carbocycles. The number of hydrogen-bond donors (Lipinski definition) is 0. The van der Waals surface area contributed by atoms with Gasteiger partial charge in [0.25, 0.3) is 5.91 Å². The van der Waals surface area contributed by atoms with Crippen molar-refractivity contribution in [2.24, 2.45) is 0 Å². The minimum atomic E-state index is -0.0202. The lowest BCUT2D eigenvalue weighted by atomic mass is 10.0. The average molecular weight is 416 g/mol. The molecule has 1 heterocycles. The van der Waals surface area contributed by atoms with Gasteiger partial charge in [0.05, 0.1) is 10.2 Å². The number of aromatic nitrogens is 1. The maximum Gasteiger partial charge on any atom is 0.260 e. The standard InChI is InChI=1S/C25H25N3OS/c1-18-8-7-11-22-23(18)26-25(30-22)28(17-16-27(2)3)24(29)21-14-12-20(13-15-21)19-9-5-4-6-10-19/h4-15H,16-17H2,1-3H3. The number of nitrogens with zero attached hydrogens (tertiary/aromatic N) is 3. The lowest BCUT2D eigenvalue weighted by molar-refractivity contribution is 0.0985. The molecule has 0 saturated carbocycles. The smallest absolute Gasteiger partial charge is 0.260 e. The Kier molecular flexibility index (Phi) is 5.93. The second kappa shape index (κ2) is 8.78. The number of amides is 1. The molecule has 0 unspecified atom stereocenters. The molecule has 0 aliphatic heterocycles. The van der Waals surface area contributed by atoms with Gasteiger partial charge in [-0.3, -0.25) is 9.69 Å². The molecule has 0 fully saturated rings. The molecule has 152 valence electrons. The van der Waals surface area contributed by atoms with E-state index in [9.17, 15) is 4.79 Å². The van der Waals surface area contributed by atoms with Crippen LogP contribution in [-0.4, -0.2) is 43.0 Å². The fraction of sp³-hybridized carbons (Fsp3) is 0.200. The Hall–Kier alpha value is -3.02. The van der Waals surface area contributed by atoms with Crippen LogP contribution in [0.15, 0.2) is 72.8 Å². The van der Waals surface area contributed by atoms with E-state index in [1.54, 1.807) is 11.3 Å². The van der Waals surface area contributed by atoms with Crippen molar-refractivity contribution in [3.05, 3.63) is 83.9 Å². The van der Waals surface area contributed by atoms with E-state index in [2.05, 4.69) is 36.1 Å². The number of carbonyl (C=O) groups is 1. The van der Waals surface area contributed by atoms with Gasteiger partial charge in [0.15, 0.2) is 5.13 Å². The molecule has 0 saturated heterocycles. The summed E-state index contributed by atoms with van der Waals surface area (Å²) in [5.41, 5.74) is 5.01. The predicted molar refractivity (Wildman–Crippen MR) is 126 cm³/mol. The summed E-state index contributed by atoms with van der Waals surface area (Å²) in [7, 11) is 4.03. The van der Waals surface area contributed by atoms with Crippen LogP contribution in [0.3, 0.4) is 0 Å². The van der Waals surface area contributed by atoms with E-state index >= 15 is 0 Å².